The average Bonchev–Trinajstić information content (AvgIpc) is 2.68. The van der Waals surface area contributed by atoms with Gasteiger partial charge in [0.2, 0.25) is 0 Å². The molecule has 0 spiro atoms. The molecule has 1 aliphatic rings. The second-order valence-corrected chi connectivity index (χ2v) is 6.55. The molecule has 0 aliphatic heterocycles. The van der Waals surface area contributed by atoms with Crippen molar-refractivity contribution in [2.45, 2.75) is 44.6 Å². The number of methoxy groups -OCH3 is 1. The van der Waals surface area contributed by atoms with E-state index in [1.807, 2.05) is 24.3 Å². The average molecular weight is 348 g/mol. The second kappa shape index (κ2) is 8.58. The molecular formula is C23H24O3. The number of hydrogen-bond donors (Lipinski definition) is 0. The van der Waals surface area contributed by atoms with Gasteiger partial charge in [0.15, 0.2) is 0 Å². The third kappa shape index (κ3) is 4.46. The molecule has 0 amide bonds. The van der Waals surface area contributed by atoms with E-state index < -0.39 is 0 Å². The van der Waals surface area contributed by atoms with Crippen LogP contribution in [-0.2, 0) is 22.4 Å². The van der Waals surface area contributed by atoms with Gasteiger partial charge < -0.3 is 9.47 Å². The zero-order chi connectivity index (χ0) is 18.4. The fourth-order valence-corrected chi connectivity index (χ4v) is 3.41. The van der Waals surface area contributed by atoms with Crippen LogP contribution >= 0.6 is 0 Å². The molecule has 3 heteroatoms. The lowest BCUT2D eigenvalue weighted by Gasteiger charge is -2.25. The van der Waals surface area contributed by atoms with E-state index in [0.29, 0.717) is 0 Å². The topological polar surface area (TPSA) is 35.5 Å². The largest absolute Gasteiger partial charge is 0.490 e. The van der Waals surface area contributed by atoms with Crippen molar-refractivity contribution in [2.24, 2.45) is 0 Å². The van der Waals surface area contributed by atoms with Crippen LogP contribution < -0.4 is 4.74 Å². The standard InChI is InChI=1S/C23H24O3/c1-3-6-19(16-23(24)25-2)18-9-12-21(13-10-18)26-22-14-11-17-7-4-5-8-20(17)15-22/h4-5,7-10,12-13,19,22H,11,14-16H2,1-2H3/t19-,22?/m0/s1. The first-order valence-electron chi connectivity index (χ1n) is 9.02. The Labute approximate surface area is 155 Å². The first-order chi connectivity index (χ1) is 12.7. The molecule has 3 nitrogen and oxygen atoms in total. The number of rotatable bonds is 5. The minimum Gasteiger partial charge on any atom is -0.490 e. The summed E-state index contributed by atoms with van der Waals surface area (Å²) in [6.07, 6.45) is 3.51. The molecule has 0 heterocycles. The van der Waals surface area contributed by atoms with Gasteiger partial charge in [-0.2, -0.15) is 0 Å². The molecule has 134 valence electrons. The molecule has 0 bridgehead atoms. The predicted octanol–water partition coefficient (Wildman–Crippen LogP) is 4.29. The molecule has 2 aromatic carbocycles. The van der Waals surface area contributed by atoms with Crippen molar-refractivity contribution < 1.29 is 14.3 Å². The monoisotopic (exact) mass is 348 g/mol. The molecule has 3 rings (SSSR count). The number of benzene rings is 2. The molecule has 1 unspecified atom stereocenters. The summed E-state index contributed by atoms with van der Waals surface area (Å²) < 4.78 is 11.0. The van der Waals surface area contributed by atoms with Crippen LogP contribution in [0, 0.1) is 11.8 Å². The quantitative estimate of drug-likeness (QED) is 0.597. The molecule has 0 saturated heterocycles. The summed E-state index contributed by atoms with van der Waals surface area (Å²) in [5, 5.41) is 0. The number of carbonyl (C=O) groups excluding carboxylic acids is 1. The van der Waals surface area contributed by atoms with Crippen molar-refractivity contribution in [1.29, 1.82) is 0 Å². The van der Waals surface area contributed by atoms with E-state index in [4.69, 9.17) is 9.47 Å². The van der Waals surface area contributed by atoms with Gasteiger partial charge in [-0.25, -0.2) is 0 Å². The van der Waals surface area contributed by atoms with Crippen LogP contribution in [0.25, 0.3) is 0 Å². The van der Waals surface area contributed by atoms with Crippen molar-refractivity contribution >= 4 is 5.97 Å². The lowest BCUT2D eigenvalue weighted by molar-refractivity contribution is -0.140. The highest BCUT2D eigenvalue weighted by molar-refractivity contribution is 5.71. The summed E-state index contributed by atoms with van der Waals surface area (Å²) in [5.41, 5.74) is 3.83. The van der Waals surface area contributed by atoms with E-state index in [1.165, 1.54) is 18.2 Å². The summed E-state index contributed by atoms with van der Waals surface area (Å²) in [4.78, 5) is 11.6. The Morgan fingerprint density at radius 1 is 1.15 bits per heavy atom. The van der Waals surface area contributed by atoms with Gasteiger partial charge in [-0.1, -0.05) is 42.3 Å². The number of fused-ring (bicyclic) bond motifs is 1. The smallest absolute Gasteiger partial charge is 0.307 e. The van der Waals surface area contributed by atoms with Crippen molar-refractivity contribution in [1.82, 2.24) is 0 Å². The Morgan fingerprint density at radius 2 is 1.88 bits per heavy atom. The SMILES string of the molecule is CC#C[C@@H](CC(=O)OC)c1ccc(OC2CCc3ccccc3C2)cc1. The Hall–Kier alpha value is -2.73. The van der Waals surface area contributed by atoms with E-state index in [0.717, 1.165) is 30.6 Å². The zero-order valence-electron chi connectivity index (χ0n) is 15.3. The molecule has 1 aliphatic carbocycles. The molecule has 0 aromatic heterocycles. The van der Waals surface area contributed by atoms with Gasteiger partial charge in [0, 0.05) is 6.42 Å². The maximum Gasteiger partial charge on any atom is 0.307 e. The molecule has 0 radical (unpaired) electrons. The van der Waals surface area contributed by atoms with Gasteiger partial charge in [0.05, 0.1) is 19.4 Å². The first kappa shape index (κ1) is 18.1. The van der Waals surface area contributed by atoms with Crippen LogP contribution in [0.4, 0.5) is 0 Å². The van der Waals surface area contributed by atoms with Crippen LogP contribution in [0.1, 0.15) is 42.4 Å². The lowest BCUT2D eigenvalue weighted by atomic mass is 9.90. The van der Waals surface area contributed by atoms with E-state index in [9.17, 15) is 4.79 Å². The molecule has 0 saturated carbocycles. The number of ether oxygens (including phenoxy) is 2. The van der Waals surface area contributed by atoms with Crippen LogP contribution in [-0.4, -0.2) is 19.2 Å². The fourth-order valence-electron chi connectivity index (χ4n) is 3.41. The summed E-state index contributed by atoms with van der Waals surface area (Å²) in [6, 6.07) is 16.5. The van der Waals surface area contributed by atoms with E-state index in [2.05, 4.69) is 36.1 Å². The normalized spacial score (nSPS) is 16.6. The van der Waals surface area contributed by atoms with E-state index in [-0.39, 0.29) is 24.4 Å². The van der Waals surface area contributed by atoms with Gasteiger partial charge in [-0.15, -0.1) is 5.92 Å². The summed E-state index contributed by atoms with van der Waals surface area (Å²) in [6.45, 7) is 1.78. The maximum absolute atomic E-state index is 11.6. The third-order valence-electron chi connectivity index (χ3n) is 4.80. The Kier molecular flexibility index (Phi) is 5.96. The van der Waals surface area contributed by atoms with Crippen molar-refractivity contribution in [2.75, 3.05) is 7.11 Å². The van der Waals surface area contributed by atoms with Gasteiger partial charge in [-0.05, 0) is 48.6 Å². The molecule has 0 fully saturated rings. The summed E-state index contributed by atoms with van der Waals surface area (Å²) in [7, 11) is 1.40. The number of hydrogen-bond acceptors (Lipinski definition) is 3. The van der Waals surface area contributed by atoms with Crippen LogP contribution in [0.3, 0.4) is 0 Å². The fraction of sp³-hybridized carbons (Fsp3) is 0.348. The molecule has 26 heavy (non-hydrogen) atoms. The van der Waals surface area contributed by atoms with Crippen molar-refractivity contribution in [3.8, 4) is 17.6 Å². The van der Waals surface area contributed by atoms with Crippen molar-refractivity contribution in [3.05, 3.63) is 65.2 Å². The molecule has 2 atom stereocenters. The summed E-state index contributed by atoms with van der Waals surface area (Å²) >= 11 is 0. The number of aryl methyl sites for hydroxylation is 1. The Bertz CT molecular complexity index is 811. The Morgan fingerprint density at radius 3 is 2.58 bits per heavy atom. The summed E-state index contributed by atoms with van der Waals surface area (Å²) in [5.74, 6) is 6.44. The minimum absolute atomic E-state index is 0.150. The third-order valence-corrected chi connectivity index (χ3v) is 4.80. The van der Waals surface area contributed by atoms with Gasteiger partial charge in [0.25, 0.3) is 0 Å². The highest BCUT2D eigenvalue weighted by atomic mass is 16.5. The molecule has 0 N–H and O–H groups in total. The highest BCUT2D eigenvalue weighted by Gasteiger charge is 2.20. The van der Waals surface area contributed by atoms with Gasteiger partial charge in [0.1, 0.15) is 11.9 Å². The van der Waals surface area contributed by atoms with Gasteiger partial charge >= 0.3 is 5.97 Å². The number of carbonyl (C=O) groups is 1. The van der Waals surface area contributed by atoms with Crippen LogP contribution in [0.5, 0.6) is 5.75 Å². The molecular weight excluding hydrogens is 324 g/mol. The van der Waals surface area contributed by atoms with Gasteiger partial charge in [-0.3, -0.25) is 4.79 Å². The van der Waals surface area contributed by atoms with E-state index >= 15 is 0 Å². The first-order valence-corrected chi connectivity index (χ1v) is 9.02. The Balaban J connectivity index is 1.65. The highest BCUT2D eigenvalue weighted by Crippen LogP contribution is 2.27. The minimum atomic E-state index is -0.251. The lowest BCUT2D eigenvalue weighted by Crippen LogP contribution is -2.25. The van der Waals surface area contributed by atoms with E-state index in [1.54, 1.807) is 6.92 Å². The zero-order valence-corrected chi connectivity index (χ0v) is 15.3. The second-order valence-electron chi connectivity index (χ2n) is 6.55. The molecule has 2 aromatic rings. The maximum atomic E-state index is 11.6. The van der Waals surface area contributed by atoms with Crippen LogP contribution in [0.15, 0.2) is 48.5 Å². The van der Waals surface area contributed by atoms with Crippen molar-refractivity contribution in [3.63, 3.8) is 0 Å². The number of esters is 1. The predicted molar refractivity (Wildman–Crippen MR) is 102 cm³/mol. The van der Waals surface area contributed by atoms with Crippen LogP contribution in [0.2, 0.25) is 0 Å².